The molecule has 2 aromatic rings. The molecule has 1 aromatic heterocycles. The maximum Gasteiger partial charge on any atom is 0.234 e. The van der Waals surface area contributed by atoms with E-state index in [-0.39, 0.29) is 18.3 Å². The van der Waals surface area contributed by atoms with Crippen molar-refractivity contribution in [3.05, 3.63) is 58.0 Å². The van der Waals surface area contributed by atoms with Crippen LogP contribution in [0.3, 0.4) is 0 Å². The highest BCUT2D eigenvalue weighted by atomic mass is 32.1. The number of amides is 1. The molecule has 1 amide bonds. The Balaban J connectivity index is 1.54. The lowest BCUT2D eigenvalue weighted by Gasteiger charge is -2.22. The molecule has 1 saturated heterocycles. The van der Waals surface area contributed by atoms with Crippen LogP contribution in [0, 0.1) is 5.82 Å². The molecule has 1 aliphatic rings. The molecule has 5 heteroatoms. The first kappa shape index (κ1) is 15.2. The van der Waals surface area contributed by atoms with Gasteiger partial charge >= 0.3 is 0 Å². The third kappa shape index (κ3) is 3.54. The molecule has 1 aromatic carbocycles. The molecule has 3 nitrogen and oxygen atoms in total. The molecule has 1 atom stereocenters. The normalized spacial score (nSPS) is 18.5. The van der Waals surface area contributed by atoms with Crippen LogP contribution >= 0.6 is 11.3 Å². The Hall–Kier alpha value is -1.72. The van der Waals surface area contributed by atoms with Gasteiger partial charge in [-0.15, -0.1) is 11.3 Å². The van der Waals surface area contributed by atoms with E-state index in [1.807, 2.05) is 0 Å². The molecule has 0 saturated carbocycles. The van der Waals surface area contributed by atoms with Gasteiger partial charge in [0, 0.05) is 23.0 Å². The number of rotatable bonds is 5. The van der Waals surface area contributed by atoms with Crippen molar-refractivity contribution in [3.8, 4) is 0 Å². The number of carbonyl (C=O) groups excluding carboxylic acids is 1. The van der Waals surface area contributed by atoms with E-state index in [0.29, 0.717) is 18.2 Å². The highest BCUT2D eigenvalue weighted by Crippen LogP contribution is 2.33. The summed E-state index contributed by atoms with van der Waals surface area (Å²) in [5.74, 6) is -0.327. The van der Waals surface area contributed by atoms with Gasteiger partial charge < -0.3 is 5.32 Å². The van der Waals surface area contributed by atoms with Gasteiger partial charge in [-0.25, -0.2) is 4.39 Å². The summed E-state index contributed by atoms with van der Waals surface area (Å²) in [6.45, 7) is 1.55. The average Bonchev–Trinajstić information content (AvgIpc) is 3.17. The fourth-order valence-electron chi connectivity index (χ4n) is 2.89. The van der Waals surface area contributed by atoms with Crippen LogP contribution in [-0.4, -0.2) is 23.9 Å². The van der Waals surface area contributed by atoms with Gasteiger partial charge in [-0.1, -0.05) is 24.3 Å². The lowest BCUT2D eigenvalue weighted by molar-refractivity contribution is -0.122. The molecule has 3 rings (SSSR count). The predicted molar refractivity (Wildman–Crippen MR) is 86.1 cm³/mol. The third-order valence-corrected chi connectivity index (χ3v) is 4.99. The van der Waals surface area contributed by atoms with Gasteiger partial charge in [-0.2, -0.15) is 0 Å². The van der Waals surface area contributed by atoms with Crippen LogP contribution in [0.15, 0.2) is 41.8 Å². The van der Waals surface area contributed by atoms with Gasteiger partial charge in [-0.05, 0) is 36.9 Å². The number of benzene rings is 1. The van der Waals surface area contributed by atoms with Crippen LogP contribution in [0.2, 0.25) is 0 Å². The first-order valence-electron chi connectivity index (χ1n) is 7.51. The standard InChI is InChI=1S/C17H19FN2OS/c18-14-6-2-1-5-13(14)11-19-17(21)12-20-9-3-7-15(20)16-8-4-10-22-16/h1-2,4-6,8,10,15H,3,7,9,11-12H2,(H,19,21)/t15-/m0/s1. The first-order valence-corrected chi connectivity index (χ1v) is 8.39. The Kier molecular flexibility index (Phi) is 4.85. The topological polar surface area (TPSA) is 32.3 Å². The summed E-state index contributed by atoms with van der Waals surface area (Å²) in [4.78, 5) is 15.7. The van der Waals surface area contributed by atoms with Crippen LogP contribution in [0.5, 0.6) is 0 Å². The maximum atomic E-state index is 13.5. The molecule has 0 bridgehead atoms. The number of hydrogen-bond donors (Lipinski definition) is 1. The van der Waals surface area contributed by atoms with Gasteiger partial charge in [0.25, 0.3) is 0 Å². The van der Waals surface area contributed by atoms with Crippen LogP contribution in [-0.2, 0) is 11.3 Å². The minimum absolute atomic E-state index is 0.0493. The highest BCUT2D eigenvalue weighted by molar-refractivity contribution is 7.10. The molecular weight excluding hydrogens is 299 g/mol. The average molecular weight is 318 g/mol. The fourth-order valence-corrected chi connectivity index (χ4v) is 3.79. The Labute approximate surface area is 133 Å². The van der Waals surface area contributed by atoms with E-state index in [0.717, 1.165) is 19.4 Å². The second-order valence-corrected chi connectivity index (χ2v) is 6.49. The van der Waals surface area contributed by atoms with Gasteiger partial charge in [0.05, 0.1) is 6.54 Å². The van der Waals surface area contributed by atoms with E-state index in [1.54, 1.807) is 29.5 Å². The van der Waals surface area contributed by atoms with Crippen LogP contribution < -0.4 is 5.32 Å². The zero-order valence-corrected chi connectivity index (χ0v) is 13.1. The molecule has 1 aliphatic heterocycles. The SMILES string of the molecule is O=C(CN1CCC[C@H]1c1cccs1)NCc1ccccc1F. The summed E-state index contributed by atoms with van der Waals surface area (Å²) in [5.41, 5.74) is 0.520. The monoisotopic (exact) mass is 318 g/mol. The van der Waals surface area contributed by atoms with Crippen molar-refractivity contribution in [2.45, 2.75) is 25.4 Å². The number of nitrogens with one attached hydrogen (secondary N) is 1. The van der Waals surface area contributed by atoms with E-state index in [4.69, 9.17) is 0 Å². The summed E-state index contributed by atoms with van der Waals surface area (Å²) in [6.07, 6.45) is 2.21. The third-order valence-electron chi connectivity index (χ3n) is 4.02. The second kappa shape index (κ2) is 7.03. The van der Waals surface area contributed by atoms with Gasteiger partial charge in [0.2, 0.25) is 5.91 Å². The number of thiophene rings is 1. The largest absolute Gasteiger partial charge is 0.351 e. The van der Waals surface area contributed by atoms with Gasteiger partial charge in [0.1, 0.15) is 5.82 Å². The van der Waals surface area contributed by atoms with Crippen LogP contribution in [0.4, 0.5) is 4.39 Å². The van der Waals surface area contributed by atoms with Crippen molar-refractivity contribution in [3.63, 3.8) is 0 Å². The maximum absolute atomic E-state index is 13.5. The molecule has 0 unspecified atom stereocenters. The lowest BCUT2D eigenvalue weighted by Crippen LogP contribution is -2.36. The second-order valence-electron chi connectivity index (χ2n) is 5.51. The molecule has 0 aliphatic carbocycles. The summed E-state index contributed by atoms with van der Waals surface area (Å²) in [7, 11) is 0. The number of carbonyl (C=O) groups is 1. The molecule has 0 radical (unpaired) electrons. The Bertz CT molecular complexity index is 629. The van der Waals surface area contributed by atoms with E-state index in [2.05, 4.69) is 27.7 Å². The minimum atomic E-state index is -0.277. The van der Waals surface area contributed by atoms with E-state index in [1.165, 1.54) is 10.9 Å². The zero-order valence-electron chi connectivity index (χ0n) is 12.3. The van der Waals surface area contributed by atoms with Crippen molar-refractivity contribution in [1.29, 1.82) is 0 Å². The molecule has 1 N–H and O–H groups in total. The molecule has 2 heterocycles. The van der Waals surface area contributed by atoms with Crippen molar-refractivity contribution in [2.75, 3.05) is 13.1 Å². The van der Waals surface area contributed by atoms with E-state index < -0.39 is 0 Å². The van der Waals surface area contributed by atoms with Gasteiger partial charge in [0.15, 0.2) is 0 Å². The van der Waals surface area contributed by atoms with Crippen LogP contribution in [0.1, 0.15) is 29.3 Å². The quantitative estimate of drug-likeness (QED) is 0.917. The van der Waals surface area contributed by atoms with Crippen molar-refractivity contribution in [1.82, 2.24) is 10.2 Å². The van der Waals surface area contributed by atoms with Crippen molar-refractivity contribution in [2.24, 2.45) is 0 Å². The number of likely N-dealkylation sites (tertiary alicyclic amines) is 1. The molecule has 0 spiro atoms. The Morgan fingerprint density at radius 3 is 2.95 bits per heavy atom. The molecule has 22 heavy (non-hydrogen) atoms. The minimum Gasteiger partial charge on any atom is -0.351 e. The van der Waals surface area contributed by atoms with Crippen molar-refractivity contribution < 1.29 is 9.18 Å². The highest BCUT2D eigenvalue weighted by Gasteiger charge is 2.28. The summed E-state index contributed by atoms with van der Waals surface area (Å²) in [5, 5.41) is 4.89. The van der Waals surface area contributed by atoms with E-state index >= 15 is 0 Å². The number of hydrogen-bond acceptors (Lipinski definition) is 3. The smallest absolute Gasteiger partial charge is 0.234 e. The lowest BCUT2D eigenvalue weighted by atomic mass is 10.2. The van der Waals surface area contributed by atoms with Crippen LogP contribution in [0.25, 0.3) is 0 Å². The predicted octanol–water partition coefficient (Wildman–Crippen LogP) is 3.34. The van der Waals surface area contributed by atoms with E-state index in [9.17, 15) is 9.18 Å². The number of nitrogens with zero attached hydrogens (tertiary/aromatic N) is 1. The molecular formula is C17H19FN2OS. The molecule has 116 valence electrons. The van der Waals surface area contributed by atoms with Crippen molar-refractivity contribution >= 4 is 17.2 Å². The van der Waals surface area contributed by atoms with Gasteiger partial charge in [-0.3, -0.25) is 9.69 Å². The zero-order chi connectivity index (χ0) is 15.4. The summed E-state index contributed by atoms with van der Waals surface area (Å²) >= 11 is 1.74. The first-order chi connectivity index (χ1) is 10.7. The Morgan fingerprint density at radius 1 is 1.32 bits per heavy atom. The summed E-state index contributed by atoms with van der Waals surface area (Å²) < 4.78 is 13.5. The Morgan fingerprint density at radius 2 is 2.18 bits per heavy atom. The molecule has 1 fully saturated rings. The summed E-state index contributed by atoms with van der Waals surface area (Å²) in [6, 6.07) is 11.1. The number of halogens is 1. The fraction of sp³-hybridized carbons (Fsp3) is 0.353.